The second-order valence-corrected chi connectivity index (χ2v) is 5.41. The van der Waals surface area contributed by atoms with Gasteiger partial charge in [-0.05, 0) is 36.4 Å². The average molecular weight is 306 g/mol. The molecule has 0 aliphatic carbocycles. The summed E-state index contributed by atoms with van der Waals surface area (Å²) in [7, 11) is 0. The fraction of sp³-hybridized carbons (Fsp3) is 0. The Labute approximate surface area is 132 Å². The quantitative estimate of drug-likeness (QED) is 0.535. The molecular formula is C18H12ClN3. The molecule has 0 radical (unpaired) electrons. The summed E-state index contributed by atoms with van der Waals surface area (Å²) in [6.07, 6.45) is 1.79. The minimum Gasteiger partial charge on any atom is -0.237 e. The summed E-state index contributed by atoms with van der Waals surface area (Å²) in [5.74, 6) is 0. The summed E-state index contributed by atoms with van der Waals surface area (Å²) in [5.41, 5.74) is 3.77. The van der Waals surface area contributed by atoms with Gasteiger partial charge in [0.05, 0.1) is 5.69 Å². The lowest BCUT2D eigenvalue weighted by Gasteiger charge is -2.01. The van der Waals surface area contributed by atoms with E-state index < -0.39 is 0 Å². The van der Waals surface area contributed by atoms with E-state index in [1.807, 2.05) is 71.4 Å². The number of para-hydroxylation sites is 1. The van der Waals surface area contributed by atoms with E-state index in [4.69, 9.17) is 16.7 Å². The van der Waals surface area contributed by atoms with Crippen LogP contribution in [-0.2, 0) is 0 Å². The van der Waals surface area contributed by atoms with Gasteiger partial charge in [0.2, 0.25) is 0 Å². The largest absolute Gasteiger partial charge is 0.237 e. The number of rotatable bonds is 2. The highest BCUT2D eigenvalue weighted by atomic mass is 35.5. The van der Waals surface area contributed by atoms with Gasteiger partial charge in [0.15, 0.2) is 5.65 Å². The van der Waals surface area contributed by atoms with Crippen LogP contribution in [0, 0.1) is 0 Å². The number of aromatic nitrogens is 3. The van der Waals surface area contributed by atoms with Crippen LogP contribution in [0.15, 0.2) is 72.9 Å². The summed E-state index contributed by atoms with van der Waals surface area (Å²) in [5, 5.41) is 6.51. The molecule has 0 saturated carbocycles. The van der Waals surface area contributed by atoms with E-state index in [1.54, 1.807) is 6.20 Å². The van der Waals surface area contributed by atoms with E-state index in [0.717, 1.165) is 28.0 Å². The van der Waals surface area contributed by atoms with Gasteiger partial charge in [-0.15, -0.1) is 0 Å². The number of nitrogens with zero attached hydrogens (tertiary/aromatic N) is 3. The molecule has 22 heavy (non-hydrogen) atoms. The van der Waals surface area contributed by atoms with Gasteiger partial charge in [0, 0.05) is 22.2 Å². The molecule has 2 aromatic carbocycles. The van der Waals surface area contributed by atoms with Crippen LogP contribution in [0.3, 0.4) is 0 Å². The Morgan fingerprint density at radius 1 is 0.818 bits per heavy atom. The van der Waals surface area contributed by atoms with Crippen molar-refractivity contribution in [2.75, 3.05) is 0 Å². The highest BCUT2D eigenvalue weighted by molar-refractivity contribution is 6.30. The number of pyridine rings is 1. The van der Waals surface area contributed by atoms with Gasteiger partial charge < -0.3 is 0 Å². The lowest BCUT2D eigenvalue weighted by molar-refractivity contribution is 0.901. The van der Waals surface area contributed by atoms with Crippen LogP contribution in [0.4, 0.5) is 0 Å². The van der Waals surface area contributed by atoms with Gasteiger partial charge in [-0.1, -0.05) is 41.9 Å². The van der Waals surface area contributed by atoms with E-state index in [-0.39, 0.29) is 0 Å². The van der Waals surface area contributed by atoms with E-state index in [1.165, 1.54) is 0 Å². The maximum absolute atomic E-state index is 5.98. The molecule has 0 saturated heterocycles. The zero-order chi connectivity index (χ0) is 14.9. The normalized spacial score (nSPS) is 11.0. The number of benzene rings is 2. The maximum atomic E-state index is 5.98. The third-order valence-corrected chi connectivity index (χ3v) is 3.81. The van der Waals surface area contributed by atoms with Crippen LogP contribution in [0.1, 0.15) is 0 Å². The Hall–Kier alpha value is -2.65. The molecule has 106 valence electrons. The van der Waals surface area contributed by atoms with Crippen molar-refractivity contribution in [3.8, 4) is 16.9 Å². The summed E-state index contributed by atoms with van der Waals surface area (Å²) >= 11 is 5.98. The first kappa shape index (κ1) is 13.0. The van der Waals surface area contributed by atoms with Crippen LogP contribution in [0.5, 0.6) is 0 Å². The molecule has 3 nitrogen and oxygen atoms in total. The molecule has 2 heterocycles. The topological polar surface area (TPSA) is 30.7 Å². The monoisotopic (exact) mass is 305 g/mol. The Balaban J connectivity index is 1.99. The van der Waals surface area contributed by atoms with Crippen LogP contribution in [0.25, 0.3) is 28.0 Å². The van der Waals surface area contributed by atoms with Crippen LogP contribution >= 0.6 is 11.6 Å². The molecular weight excluding hydrogens is 294 g/mol. The fourth-order valence-corrected chi connectivity index (χ4v) is 2.65. The first-order valence-electron chi connectivity index (χ1n) is 6.98. The molecule has 0 bridgehead atoms. The summed E-state index contributed by atoms with van der Waals surface area (Å²) in [4.78, 5) is 4.50. The van der Waals surface area contributed by atoms with Crippen LogP contribution in [0.2, 0.25) is 5.02 Å². The highest BCUT2D eigenvalue weighted by Gasteiger charge is 2.13. The van der Waals surface area contributed by atoms with E-state index in [0.29, 0.717) is 5.02 Å². The maximum Gasteiger partial charge on any atom is 0.163 e. The number of fused-ring (bicyclic) bond motifs is 1. The van der Waals surface area contributed by atoms with Crippen molar-refractivity contribution in [1.29, 1.82) is 0 Å². The van der Waals surface area contributed by atoms with Crippen molar-refractivity contribution in [2.45, 2.75) is 0 Å². The van der Waals surface area contributed by atoms with Crippen LogP contribution < -0.4 is 0 Å². The molecule has 0 amide bonds. The van der Waals surface area contributed by atoms with E-state index in [9.17, 15) is 0 Å². The van der Waals surface area contributed by atoms with Gasteiger partial charge in [-0.2, -0.15) is 5.10 Å². The number of halogens is 1. The second kappa shape index (κ2) is 5.28. The Morgan fingerprint density at radius 2 is 1.59 bits per heavy atom. The predicted octanol–water partition coefficient (Wildman–Crippen LogP) is 4.74. The lowest BCUT2D eigenvalue weighted by Crippen LogP contribution is -1.97. The minimum absolute atomic E-state index is 0.716. The van der Waals surface area contributed by atoms with Gasteiger partial charge >= 0.3 is 0 Å². The molecule has 2 aromatic heterocycles. The Bertz CT molecular complexity index is 928. The first-order chi connectivity index (χ1) is 10.8. The smallest absolute Gasteiger partial charge is 0.163 e. The van der Waals surface area contributed by atoms with Crippen molar-refractivity contribution in [3.63, 3.8) is 0 Å². The first-order valence-corrected chi connectivity index (χ1v) is 7.36. The fourth-order valence-electron chi connectivity index (χ4n) is 2.52. The van der Waals surface area contributed by atoms with Gasteiger partial charge in [0.1, 0.15) is 5.69 Å². The van der Waals surface area contributed by atoms with Gasteiger partial charge in [0.25, 0.3) is 0 Å². The highest BCUT2D eigenvalue weighted by Crippen LogP contribution is 2.29. The number of hydrogen-bond donors (Lipinski definition) is 0. The van der Waals surface area contributed by atoms with Crippen molar-refractivity contribution >= 4 is 22.6 Å². The second-order valence-electron chi connectivity index (χ2n) is 4.98. The standard InChI is InChI=1S/C18H12ClN3/c19-14-10-8-13(9-11-14)17-16-7-4-12-20-18(16)22(21-17)15-5-2-1-3-6-15/h1-12H. The van der Waals surface area contributed by atoms with Gasteiger partial charge in [-0.3, -0.25) is 0 Å². The molecule has 0 N–H and O–H groups in total. The van der Waals surface area contributed by atoms with E-state index >= 15 is 0 Å². The zero-order valence-corrected chi connectivity index (χ0v) is 12.4. The third kappa shape index (κ3) is 2.16. The minimum atomic E-state index is 0.716. The van der Waals surface area contributed by atoms with Crippen molar-refractivity contribution in [3.05, 3.63) is 77.9 Å². The molecule has 0 spiro atoms. The van der Waals surface area contributed by atoms with E-state index in [2.05, 4.69) is 4.98 Å². The molecule has 4 rings (SSSR count). The van der Waals surface area contributed by atoms with Crippen molar-refractivity contribution < 1.29 is 0 Å². The Morgan fingerprint density at radius 3 is 2.36 bits per heavy atom. The number of hydrogen-bond acceptors (Lipinski definition) is 2. The molecule has 0 aliphatic rings. The molecule has 0 fully saturated rings. The van der Waals surface area contributed by atoms with Gasteiger partial charge in [-0.25, -0.2) is 9.67 Å². The SMILES string of the molecule is Clc1ccc(-c2nn(-c3ccccc3)c3ncccc23)cc1. The summed E-state index contributed by atoms with van der Waals surface area (Å²) < 4.78 is 1.87. The third-order valence-electron chi connectivity index (χ3n) is 3.56. The zero-order valence-electron chi connectivity index (χ0n) is 11.6. The molecule has 0 atom stereocenters. The molecule has 4 heteroatoms. The average Bonchev–Trinajstić information content (AvgIpc) is 2.96. The summed E-state index contributed by atoms with van der Waals surface area (Å²) in [6, 6.07) is 21.7. The van der Waals surface area contributed by atoms with Crippen molar-refractivity contribution in [2.24, 2.45) is 0 Å². The molecule has 4 aromatic rings. The molecule has 0 unspecified atom stereocenters. The Kier molecular flexibility index (Phi) is 3.13. The predicted molar refractivity (Wildman–Crippen MR) is 89.3 cm³/mol. The van der Waals surface area contributed by atoms with Crippen LogP contribution in [-0.4, -0.2) is 14.8 Å². The van der Waals surface area contributed by atoms with Crippen molar-refractivity contribution in [1.82, 2.24) is 14.8 Å². The molecule has 0 aliphatic heterocycles. The summed E-state index contributed by atoms with van der Waals surface area (Å²) in [6.45, 7) is 0. The lowest BCUT2D eigenvalue weighted by atomic mass is 10.1.